The van der Waals surface area contributed by atoms with Crippen LogP contribution < -0.4 is 10.6 Å². The Morgan fingerprint density at radius 1 is 0.944 bits per heavy atom. The van der Waals surface area contributed by atoms with E-state index in [1.807, 2.05) is 48.5 Å². The van der Waals surface area contributed by atoms with Gasteiger partial charge in [-0.3, -0.25) is 15.1 Å². The van der Waals surface area contributed by atoms with Gasteiger partial charge in [-0.05, 0) is 53.1 Å². The molecule has 0 radical (unpaired) electrons. The van der Waals surface area contributed by atoms with Crippen molar-refractivity contribution >= 4 is 33.2 Å². The standard InChI is InChI=1S/C26H23ClN4O4S/c27-21-12-10-20(11-13-21)19-8-6-18(7-9-19)15-30-26(36(34,35)22-3-2-14-28-16-22)23-4-1-5-24(31-23)29-17-25(32)33/h1-14,16,26,30H,15,17H2,(H,29,31)(H,32,33). The van der Waals surface area contributed by atoms with Crippen molar-refractivity contribution in [2.45, 2.75) is 16.8 Å². The van der Waals surface area contributed by atoms with Crippen LogP contribution in [-0.2, 0) is 21.2 Å². The number of rotatable bonds is 10. The van der Waals surface area contributed by atoms with Gasteiger partial charge in [0.1, 0.15) is 12.4 Å². The molecule has 8 nitrogen and oxygen atoms in total. The van der Waals surface area contributed by atoms with Gasteiger partial charge in [0, 0.05) is 24.0 Å². The first kappa shape index (κ1) is 25.3. The summed E-state index contributed by atoms with van der Waals surface area (Å²) in [5.41, 5.74) is 3.13. The molecule has 36 heavy (non-hydrogen) atoms. The summed E-state index contributed by atoms with van der Waals surface area (Å²) in [6.07, 6.45) is 2.79. The smallest absolute Gasteiger partial charge is 0.322 e. The van der Waals surface area contributed by atoms with Crippen LogP contribution >= 0.6 is 11.6 Å². The van der Waals surface area contributed by atoms with Gasteiger partial charge in [0.15, 0.2) is 5.37 Å². The van der Waals surface area contributed by atoms with E-state index in [4.69, 9.17) is 16.7 Å². The minimum Gasteiger partial charge on any atom is -0.480 e. The van der Waals surface area contributed by atoms with Crippen molar-refractivity contribution in [2.24, 2.45) is 0 Å². The Labute approximate surface area is 213 Å². The number of hydrogen-bond acceptors (Lipinski definition) is 7. The van der Waals surface area contributed by atoms with E-state index in [9.17, 15) is 13.2 Å². The fourth-order valence-corrected chi connectivity index (χ4v) is 5.18. The molecule has 4 rings (SSSR count). The van der Waals surface area contributed by atoms with Gasteiger partial charge in [0.2, 0.25) is 9.84 Å². The zero-order chi connectivity index (χ0) is 25.5. The molecular weight excluding hydrogens is 500 g/mol. The molecule has 0 aliphatic carbocycles. The lowest BCUT2D eigenvalue weighted by Gasteiger charge is -2.20. The zero-order valence-electron chi connectivity index (χ0n) is 19.0. The first-order valence-electron chi connectivity index (χ1n) is 11.0. The predicted molar refractivity (Wildman–Crippen MR) is 138 cm³/mol. The number of sulfone groups is 1. The van der Waals surface area contributed by atoms with Gasteiger partial charge in [-0.25, -0.2) is 13.4 Å². The summed E-state index contributed by atoms with van der Waals surface area (Å²) in [5.74, 6) is -0.794. The number of hydrogen-bond donors (Lipinski definition) is 3. The molecule has 0 aliphatic rings. The maximum absolute atomic E-state index is 13.5. The lowest BCUT2D eigenvalue weighted by atomic mass is 10.0. The Hall–Kier alpha value is -3.79. The number of aromatic nitrogens is 2. The molecule has 0 fully saturated rings. The molecule has 2 aromatic carbocycles. The average Bonchev–Trinajstić information content (AvgIpc) is 2.89. The van der Waals surface area contributed by atoms with Gasteiger partial charge in [0.05, 0.1) is 10.6 Å². The van der Waals surface area contributed by atoms with Crippen LogP contribution in [0.2, 0.25) is 5.02 Å². The molecule has 0 amide bonds. The summed E-state index contributed by atoms with van der Waals surface area (Å²) in [6.45, 7) is -0.0939. The first-order chi connectivity index (χ1) is 17.3. The maximum atomic E-state index is 13.5. The van der Waals surface area contributed by atoms with E-state index in [0.29, 0.717) is 5.02 Å². The summed E-state index contributed by atoms with van der Waals surface area (Å²) in [7, 11) is -3.92. The van der Waals surface area contributed by atoms with Crippen LogP contribution in [0, 0.1) is 0 Å². The largest absolute Gasteiger partial charge is 0.480 e. The van der Waals surface area contributed by atoms with Gasteiger partial charge in [-0.1, -0.05) is 54.1 Å². The van der Waals surface area contributed by atoms with Crippen LogP contribution in [0.25, 0.3) is 11.1 Å². The molecular formula is C26H23ClN4O4S. The van der Waals surface area contributed by atoms with Crippen molar-refractivity contribution in [3.05, 3.63) is 108 Å². The van der Waals surface area contributed by atoms with E-state index in [2.05, 4.69) is 20.6 Å². The molecule has 4 aromatic rings. The van der Waals surface area contributed by atoms with Crippen LogP contribution in [0.3, 0.4) is 0 Å². The third-order valence-electron chi connectivity index (χ3n) is 5.36. The summed E-state index contributed by atoms with van der Waals surface area (Å²) >= 11 is 5.97. The van der Waals surface area contributed by atoms with Gasteiger partial charge in [0.25, 0.3) is 0 Å². The molecule has 2 heterocycles. The molecule has 1 unspecified atom stereocenters. The number of nitrogens with one attached hydrogen (secondary N) is 2. The molecule has 0 saturated heterocycles. The predicted octanol–water partition coefficient (Wildman–Crippen LogP) is 4.56. The van der Waals surface area contributed by atoms with Gasteiger partial charge < -0.3 is 10.4 Å². The fraction of sp³-hybridized carbons (Fsp3) is 0.115. The number of carboxylic acid groups (broad SMARTS) is 1. The highest BCUT2D eigenvalue weighted by Gasteiger charge is 2.30. The summed E-state index contributed by atoms with van der Waals surface area (Å²) in [4.78, 5) is 19.3. The zero-order valence-corrected chi connectivity index (χ0v) is 20.6. The number of carbonyl (C=O) groups is 1. The van der Waals surface area contributed by atoms with E-state index in [0.717, 1.165) is 16.7 Å². The Morgan fingerprint density at radius 3 is 2.28 bits per heavy atom. The van der Waals surface area contributed by atoms with Crippen molar-refractivity contribution in [3.8, 4) is 11.1 Å². The van der Waals surface area contributed by atoms with Crippen LogP contribution in [0.5, 0.6) is 0 Å². The first-order valence-corrected chi connectivity index (χ1v) is 12.9. The Kier molecular flexibility index (Phi) is 7.94. The number of anilines is 1. The van der Waals surface area contributed by atoms with Gasteiger partial charge >= 0.3 is 5.97 Å². The number of aliphatic carboxylic acids is 1. The third-order valence-corrected chi connectivity index (χ3v) is 7.54. The van der Waals surface area contributed by atoms with Crippen molar-refractivity contribution in [1.82, 2.24) is 15.3 Å². The monoisotopic (exact) mass is 522 g/mol. The molecule has 184 valence electrons. The van der Waals surface area contributed by atoms with Gasteiger partial charge in [-0.2, -0.15) is 0 Å². The molecule has 0 saturated carbocycles. The van der Waals surface area contributed by atoms with Crippen molar-refractivity contribution in [2.75, 3.05) is 11.9 Å². The molecule has 10 heteroatoms. The van der Waals surface area contributed by atoms with Crippen molar-refractivity contribution < 1.29 is 18.3 Å². The van der Waals surface area contributed by atoms with Crippen LogP contribution in [-0.4, -0.2) is 36.0 Å². The normalized spacial score (nSPS) is 12.1. The van der Waals surface area contributed by atoms with Crippen molar-refractivity contribution in [1.29, 1.82) is 0 Å². The lowest BCUT2D eigenvalue weighted by molar-refractivity contribution is -0.134. The van der Waals surface area contributed by atoms with E-state index in [-0.39, 0.29) is 29.5 Å². The highest BCUT2D eigenvalue weighted by atomic mass is 35.5. The van der Waals surface area contributed by atoms with Gasteiger partial charge in [-0.15, -0.1) is 0 Å². The summed E-state index contributed by atoms with van der Waals surface area (Å²) < 4.78 is 27.1. The second-order valence-electron chi connectivity index (χ2n) is 7.89. The van der Waals surface area contributed by atoms with E-state index in [1.54, 1.807) is 24.3 Å². The highest BCUT2D eigenvalue weighted by molar-refractivity contribution is 7.91. The molecule has 0 bridgehead atoms. The number of pyridine rings is 2. The van der Waals surface area contributed by atoms with Crippen LogP contribution in [0.15, 0.2) is 96.2 Å². The molecule has 3 N–H and O–H groups in total. The molecule has 0 spiro atoms. The topological polar surface area (TPSA) is 121 Å². The average molecular weight is 523 g/mol. The minimum atomic E-state index is -3.92. The highest BCUT2D eigenvalue weighted by Crippen LogP contribution is 2.27. The fourth-order valence-electron chi connectivity index (χ4n) is 3.55. The van der Waals surface area contributed by atoms with E-state index < -0.39 is 21.2 Å². The Balaban J connectivity index is 1.59. The lowest BCUT2D eigenvalue weighted by Crippen LogP contribution is -2.30. The van der Waals surface area contributed by atoms with Crippen molar-refractivity contribution in [3.63, 3.8) is 0 Å². The molecule has 0 aliphatic heterocycles. The van der Waals surface area contributed by atoms with E-state index in [1.165, 1.54) is 18.5 Å². The second-order valence-corrected chi connectivity index (χ2v) is 10.4. The third kappa shape index (κ3) is 6.25. The molecule has 2 aromatic heterocycles. The number of carboxylic acids is 1. The Morgan fingerprint density at radius 2 is 1.64 bits per heavy atom. The van der Waals surface area contributed by atoms with E-state index >= 15 is 0 Å². The number of halogens is 1. The Bertz CT molecular complexity index is 1430. The summed E-state index contributed by atoms with van der Waals surface area (Å²) in [5, 5.41) is 14.2. The summed E-state index contributed by atoms with van der Waals surface area (Å²) in [6, 6.07) is 23.1. The molecule has 1 atom stereocenters. The number of benzene rings is 2. The SMILES string of the molecule is O=C(O)CNc1cccc(C(NCc2ccc(-c3ccc(Cl)cc3)cc2)S(=O)(=O)c2cccnc2)n1. The maximum Gasteiger partial charge on any atom is 0.322 e. The van der Waals surface area contributed by atoms with Crippen LogP contribution in [0.1, 0.15) is 16.6 Å². The minimum absolute atomic E-state index is 0.0475. The number of nitrogens with zero attached hydrogens (tertiary/aromatic N) is 2. The van der Waals surface area contributed by atoms with Crippen LogP contribution in [0.4, 0.5) is 5.82 Å². The quantitative estimate of drug-likeness (QED) is 0.277. The second kappa shape index (κ2) is 11.3.